The number of aromatic nitrogens is 1. The fraction of sp³-hybridized carbons (Fsp3) is 0. The number of halogens is 1. The standard InChI is InChI=1S/C10H8ClN3S/c11-9-3-1-8(2-4-9)7-13-14-10-12-5-6-15-10/h1-7H,(H,12,14). The van der Waals surface area contributed by atoms with Gasteiger partial charge in [0.25, 0.3) is 0 Å². The predicted octanol–water partition coefficient (Wildman–Crippen LogP) is 3.24. The molecule has 0 saturated heterocycles. The van der Waals surface area contributed by atoms with E-state index in [-0.39, 0.29) is 0 Å². The van der Waals surface area contributed by atoms with Gasteiger partial charge in [-0.05, 0) is 17.7 Å². The summed E-state index contributed by atoms with van der Waals surface area (Å²) in [5.74, 6) is 0. The van der Waals surface area contributed by atoms with E-state index in [1.807, 2.05) is 29.6 Å². The molecule has 1 aromatic heterocycles. The van der Waals surface area contributed by atoms with Gasteiger partial charge >= 0.3 is 0 Å². The van der Waals surface area contributed by atoms with Crippen LogP contribution in [0.25, 0.3) is 0 Å². The zero-order chi connectivity index (χ0) is 10.5. The highest BCUT2D eigenvalue weighted by molar-refractivity contribution is 7.13. The molecule has 5 heteroatoms. The van der Waals surface area contributed by atoms with Crippen molar-refractivity contribution in [3.63, 3.8) is 0 Å². The van der Waals surface area contributed by atoms with E-state index in [4.69, 9.17) is 11.6 Å². The molecule has 2 rings (SSSR count). The van der Waals surface area contributed by atoms with Crippen LogP contribution in [-0.4, -0.2) is 11.2 Å². The third-order valence-corrected chi connectivity index (χ3v) is 2.61. The topological polar surface area (TPSA) is 37.3 Å². The quantitative estimate of drug-likeness (QED) is 0.657. The Kier molecular flexibility index (Phi) is 3.32. The van der Waals surface area contributed by atoms with Crippen molar-refractivity contribution in [3.8, 4) is 0 Å². The highest BCUT2D eigenvalue weighted by Gasteiger charge is 1.90. The first-order valence-electron chi connectivity index (χ1n) is 4.29. The molecule has 0 unspecified atom stereocenters. The van der Waals surface area contributed by atoms with Crippen LogP contribution in [0.1, 0.15) is 5.56 Å². The number of hydrazone groups is 1. The van der Waals surface area contributed by atoms with Crippen molar-refractivity contribution in [2.45, 2.75) is 0 Å². The molecule has 0 aliphatic heterocycles. The molecule has 0 atom stereocenters. The van der Waals surface area contributed by atoms with Gasteiger partial charge in [0, 0.05) is 16.6 Å². The van der Waals surface area contributed by atoms with E-state index in [2.05, 4.69) is 15.5 Å². The highest BCUT2D eigenvalue weighted by Crippen LogP contribution is 2.10. The number of nitrogens with one attached hydrogen (secondary N) is 1. The molecule has 1 aromatic carbocycles. The number of hydrogen-bond acceptors (Lipinski definition) is 4. The molecule has 0 bridgehead atoms. The second-order valence-corrected chi connectivity index (χ2v) is 4.09. The zero-order valence-corrected chi connectivity index (χ0v) is 9.29. The number of benzene rings is 1. The summed E-state index contributed by atoms with van der Waals surface area (Å²) in [4.78, 5) is 4.03. The summed E-state index contributed by atoms with van der Waals surface area (Å²) in [5, 5.41) is 7.43. The first-order valence-corrected chi connectivity index (χ1v) is 5.54. The monoisotopic (exact) mass is 237 g/mol. The smallest absolute Gasteiger partial charge is 0.203 e. The lowest BCUT2D eigenvalue weighted by Gasteiger charge is -1.94. The molecule has 1 N–H and O–H groups in total. The van der Waals surface area contributed by atoms with Crippen LogP contribution in [0, 0.1) is 0 Å². The van der Waals surface area contributed by atoms with E-state index in [0.717, 1.165) is 15.7 Å². The summed E-state index contributed by atoms with van der Waals surface area (Å²) in [6.07, 6.45) is 3.45. The van der Waals surface area contributed by atoms with E-state index in [0.29, 0.717) is 0 Å². The van der Waals surface area contributed by atoms with Gasteiger partial charge in [-0.25, -0.2) is 4.98 Å². The van der Waals surface area contributed by atoms with E-state index < -0.39 is 0 Å². The van der Waals surface area contributed by atoms with E-state index >= 15 is 0 Å². The van der Waals surface area contributed by atoms with Gasteiger partial charge in [-0.1, -0.05) is 23.7 Å². The van der Waals surface area contributed by atoms with Crippen molar-refractivity contribution < 1.29 is 0 Å². The number of thiazole rings is 1. The van der Waals surface area contributed by atoms with Crippen molar-refractivity contribution in [2.75, 3.05) is 5.43 Å². The lowest BCUT2D eigenvalue weighted by atomic mass is 10.2. The summed E-state index contributed by atoms with van der Waals surface area (Å²) < 4.78 is 0. The SMILES string of the molecule is Clc1ccc(C=NNc2nccs2)cc1. The van der Waals surface area contributed by atoms with Gasteiger partial charge in [-0.2, -0.15) is 5.10 Å². The van der Waals surface area contributed by atoms with Gasteiger partial charge in [-0.15, -0.1) is 11.3 Å². The number of nitrogens with zero attached hydrogens (tertiary/aromatic N) is 2. The van der Waals surface area contributed by atoms with Crippen LogP contribution in [-0.2, 0) is 0 Å². The first-order chi connectivity index (χ1) is 7.34. The Labute approximate surface area is 96.4 Å². The number of hydrogen-bond donors (Lipinski definition) is 1. The summed E-state index contributed by atoms with van der Waals surface area (Å²) >= 11 is 7.26. The molecule has 0 aliphatic carbocycles. The summed E-state index contributed by atoms with van der Waals surface area (Å²) in [6, 6.07) is 7.45. The molecule has 3 nitrogen and oxygen atoms in total. The van der Waals surface area contributed by atoms with Gasteiger partial charge in [-0.3, -0.25) is 5.43 Å². The van der Waals surface area contributed by atoms with Crippen LogP contribution in [0.4, 0.5) is 5.13 Å². The Bertz CT molecular complexity index is 436. The van der Waals surface area contributed by atoms with Crippen LogP contribution in [0.2, 0.25) is 5.02 Å². The Morgan fingerprint density at radius 1 is 1.33 bits per heavy atom. The Morgan fingerprint density at radius 2 is 2.13 bits per heavy atom. The number of anilines is 1. The van der Waals surface area contributed by atoms with Crippen molar-refractivity contribution in [1.82, 2.24) is 4.98 Å². The third kappa shape index (κ3) is 3.04. The fourth-order valence-corrected chi connectivity index (χ4v) is 1.59. The minimum Gasteiger partial charge on any atom is -0.253 e. The molecular formula is C10H8ClN3S. The Hall–Kier alpha value is -1.39. The molecule has 0 radical (unpaired) electrons. The van der Waals surface area contributed by atoms with E-state index in [1.165, 1.54) is 11.3 Å². The largest absolute Gasteiger partial charge is 0.253 e. The summed E-state index contributed by atoms with van der Waals surface area (Å²) in [5.41, 5.74) is 3.82. The highest BCUT2D eigenvalue weighted by atomic mass is 35.5. The maximum absolute atomic E-state index is 5.76. The van der Waals surface area contributed by atoms with Crippen LogP contribution in [0.3, 0.4) is 0 Å². The van der Waals surface area contributed by atoms with Gasteiger partial charge in [0.05, 0.1) is 6.21 Å². The van der Waals surface area contributed by atoms with Crippen molar-refractivity contribution >= 4 is 34.3 Å². The second-order valence-electron chi connectivity index (χ2n) is 2.76. The summed E-state index contributed by atoms with van der Waals surface area (Å²) in [6.45, 7) is 0. The third-order valence-electron chi connectivity index (χ3n) is 1.68. The van der Waals surface area contributed by atoms with Gasteiger partial charge in [0.15, 0.2) is 0 Å². The Morgan fingerprint density at radius 3 is 2.80 bits per heavy atom. The normalized spacial score (nSPS) is 10.7. The van der Waals surface area contributed by atoms with E-state index in [9.17, 15) is 0 Å². The predicted molar refractivity (Wildman–Crippen MR) is 64.8 cm³/mol. The molecule has 76 valence electrons. The fourth-order valence-electron chi connectivity index (χ4n) is 0.990. The molecule has 2 aromatic rings. The molecule has 0 spiro atoms. The molecular weight excluding hydrogens is 230 g/mol. The van der Waals surface area contributed by atoms with Crippen LogP contribution in [0.5, 0.6) is 0 Å². The number of rotatable bonds is 3. The summed E-state index contributed by atoms with van der Waals surface area (Å²) in [7, 11) is 0. The van der Waals surface area contributed by atoms with Crippen LogP contribution in [0.15, 0.2) is 40.9 Å². The maximum atomic E-state index is 5.76. The van der Waals surface area contributed by atoms with Crippen molar-refractivity contribution in [3.05, 3.63) is 46.4 Å². The lowest BCUT2D eigenvalue weighted by molar-refractivity contribution is 1.29. The average Bonchev–Trinajstić information content (AvgIpc) is 2.74. The molecule has 0 saturated carbocycles. The molecule has 0 fully saturated rings. The average molecular weight is 238 g/mol. The van der Waals surface area contributed by atoms with Crippen LogP contribution >= 0.6 is 22.9 Å². The minimum absolute atomic E-state index is 0.722. The van der Waals surface area contributed by atoms with Crippen LogP contribution < -0.4 is 5.43 Å². The van der Waals surface area contributed by atoms with Gasteiger partial charge in [0.2, 0.25) is 5.13 Å². The van der Waals surface area contributed by atoms with E-state index in [1.54, 1.807) is 12.4 Å². The van der Waals surface area contributed by atoms with Gasteiger partial charge in [0.1, 0.15) is 0 Å². The minimum atomic E-state index is 0.722. The first kappa shape index (κ1) is 10.1. The second kappa shape index (κ2) is 4.91. The maximum Gasteiger partial charge on any atom is 0.203 e. The molecule has 1 heterocycles. The molecule has 15 heavy (non-hydrogen) atoms. The molecule has 0 amide bonds. The Balaban J connectivity index is 1.97. The van der Waals surface area contributed by atoms with Crippen molar-refractivity contribution in [2.24, 2.45) is 5.10 Å². The molecule has 0 aliphatic rings. The lowest BCUT2D eigenvalue weighted by Crippen LogP contribution is -1.89. The van der Waals surface area contributed by atoms with Crippen molar-refractivity contribution in [1.29, 1.82) is 0 Å². The van der Waals surface area contributed by atoms with Gasteiger partial charge < -0.3 is 0 Å². The zero-order valence-electron chi connectivity index (χ0n) is 7.72.